The van der Waals surface area contributed by atoms with Gasteiger partial charge in [0.1, 0.15) is 0 Å². The lowest BCUT2D eigenvalue weighted by Crippen LogP contribution is -2.57. The van der Waals surface area contributed by atoms with Crippen LogP contribution in [-0.2, 0) is 4.79 Å². The van der Waals surface area contributed by atoms with E-state index in [1.54, 1.807) is 0 Å². The molecule has 1 unspecified atom stereocenters. The van der Waals surface area contributed by atoms with E-state index >= 15 is 0 Å². The first-order chi connectivity index (χ1) is 12.0. The Kier molecular flexibility index (Phi) is 3.72. The molecule has 1 aromatic carbocycles. The van der Waals surface area contributed by atoms with Crippen LogP contribution >= 0.6 is 0 Å². The Labute approximate surface area is 145 Å². The molecule has 1 atom stereocenters. The first-order valence-corrected chi connectivity index (χ1v) is 8.69. The molecule has 25 heavy (non-hydrogen) atoms. The van der Waals surface area contributed by atoms with E-state index in [2.05, 4.69) is 4.98 Å². The van der Waals surface area contributed by atoms with Gasteiger partial charge in [0, 0.05) is 23.5 Å². The van der Waals surface area contributed by atoms with Crippen LogP contribution in [0.4, 0.5) is 0 Å². The van der Waals surface area contributed by atoms with Gasteiger partial charge in [-0.25, -0.2) is 0 Å². The molecule has 6 heteroatoms. The molecule has 1 aliphatic carbocycles. The highest BCUT2D eigenvalue weighted by Gasteiger charge is 2.40. The first-order valence-electron chi connectivity index (χ1n) is 8.69. The summed E-state index contributed by atoms with van der Waals surface area (Å²) in [5.74, 6) is -0.525. The number of β-amino-alcohol motifs (C(OH)–C–C–N with tert-alkyl or cyclic N) is 1. The fourth-order valence-electron chi connectivity index (χ4n) is 3.54. The van der Waals surface area contributed by atoms with Crippen LogP contribution in [-0.4, -0.2) is 45.5 Å². The zero-order valence-corrected chi connectivity index (χ0v) is 13.9. The lowest BCUT2D eigenvalue weighted by molar-refractivity contribution is -0.140. The number of nitrogens with two attached hydrogens (primary N) is 1. The molecule has 130 valence electrons. The van der Waals surface area contributed by atoms with Crippen molar-refractivity contribution in [1.29, 1.82) is 0 Å². The number of pyridine rings is 1. The number of carbonyl (C=O) groups excluding carboxylic acids is 2. The summed E-state index contributed by atoms with van der Waals surface area (Å²) in [6, 6.07) is 9.46. The lowest BCUT2D eigenvalue weighted by atomic mass is 9.91. The van der Waals surface area contributed by atoms with Gasteiger partial charge in [0.05, 0.1) is 17.6 Å². The number of fused-ring (bicyclic) bond motifs is 1. The third-order valence-corrected chi connectivity index (χ3v) is 5.18. The number of rotatable bonds is 3. The summed E-state index contributed by atoms with van der Waals surface area (Å²) in [4.78, 5) is 30.9. The maximum absolute atomic E-state index is 13.2. The van der Waals surface area contributed by atoms with Crippen molar-refractivity contribution in [2.45, 2.75) is 37.2 Å². The predicted octanol–water partition coefficient (Wildman–Crippen LogP) is 1.56. The van der Waals surface area contributed by atoms with Crippen molar-refractivity contribution in [3.8, 4) is 0 Å². The SMILES string of the molecule is NC(=O)C1(O)CCCN(C(=O)c2cc(C3CC3)nc3ccccc23)C1. The number of primary amides is 1. The molecule has 2 fully saturated rings. The largest absolute Gasteiger partial charge is 0.378 e. The van der Waals surface area contributed by atoms with Crippen LogP contribution in [0.25, 0.3) is 10.9 Å². The molecule has 2 amide bonds. The summed E-state index contributed by atoms with van der Waals surface area (Å²) < 4.78 is 0. The van der Waals surface area contributed by atoms with Gasteiger partial charge >= 0.3 is 0 Å². The normalized spacial score (nSPS) is 23.6. The number of carbonyl (C=O) groups is 2. The van der Waals surface area contributed by atoms with Crippen molar-refractivity contribution in [3.63, 3.8) is 0 Å². The van der Waals surface area contributed by atoms with E-state index in [-0.39, 0.29) is 18.9 Å². The Morgan fingerprint density at radius 3 is 2.76 bits per heavy atom. The molecule has 1 saturated heterocycles. The molecule has 4 rings (SSSR count). The summed E-state index contributed by atoms with van der Waals surface area (Å²) in [6.45, 7) is 0.445. The number of aliphatic hydroxyl groups is 1. The molecular formula is C19H21N3O3. The second-order valence-electron chi connectivity index (χ2n) is 7.11. The molecule has 2 heterocycles. The molecule has 1 saturated carbocycles. The second-order valence-corrected chi connectivity index (χ2v) is 7.11. The van der Waals surface area contributed by atoms with Crippen LogP contribution in [0.1, 0.15) is 47.7 Å². The van der Waals surface area contributed by atoms with Crippen LogP contribution in [0.5, 0.6) is 0 Å². The van der Waals surface area contributed by atoms with Crippen molar-refractivity contribution >= 4 is 22.7 Å². The molecule has 3 N–H and O–H groups in total. The van der Waals surface area contributed by atoms with E-state index in [1.807, 2.05) is 30.3 Å². The van der Waals surface area contributed by atoms with Gasteiger partial charge in [-0.05, 0) is 37.8 Å². The average Bonchev–Trinajstić information content (AvgIpc) is 3.45. The highest BCUT2D eigenvalue weighted by atomic mass is 16.3. The van der Waals surface area contributed by atoms with Gasteiger partial charge in [-0.1, -0.05) is 18.2 Å². The molecular weight excluding hydrogens is 318 g/mol. The minimum Gasteiger partial charge on any atom is -0.378 e. The van der Waals surface area contributed by atoms with Gasteiger partial charge < -0.3 is 15.7 Å². The lowest BCUT2D eigenvalue weighted by Gasteiger charge is -2.37. The van der Waals surface area contributed by atoms with Gasteiger partial charge in [-0.3, -0.25) is 14.6 Å². The van der Waals surface area contributed by atoms with E-state index < -0.39 is 11.5 Å². The Morgan fingerprint density at radius 1 is 1.28 bits per heavy atom. The van der Waals surface area contributed by atoms with Crippen LogP contribution < -0.4 is 5.73 Å². The fraction of sp³-hybridized carbons (Fsp3) is 0.421. The first kappa shape index (κ1) is 16.0. The Bertz CT molecular complexity index is 862. The number of piperidine rings is 1. The Morgan fingerprint density at radius 2 is 2.04 bits per heavy atom. The molecule has 0 bridgehead atoms. The molecule has 0 spiro atoms. The minimum atomic E-state index is -1.64. The number of amides is 2. The van der Waals surface area contributed by atoms with Gasteiger partial charge in [-0.2, -0.15) is 0 Å². The number of likely N-dealkylation sites (tertiary alicyclic amines) is 1. The summed E-state index contributed by atoms with van der Waals surface area (Å²) in [7, 11) is 0. The maximum Gasteiger partial charge on any atom is 0.254 e. The third kappa shape index (κ3) is 2.87. The highest BCUT2D eigenvalue weighted by Crippen LogP contribution is 2.40. The van der Waals surface area contributed by atoms with Crippen molar-refractivity contribution in [3.05, 3.63) is 41.6 Å². The monoisotopic (exact) mass is 339 g/mol. The quantitative estimate of drug-likeness (QED) is 0.887. The molecule has 0 radical (unpaired) electrons. The average molecular weight is 339 g/mol. The van der Waals surface area contributed by atoms with E-state index in [0.717, 1.165) is 29.4 Å². The standard InChI is InChI=1S/C19H21N3O3/c20-18(24)19(25)8-3-9-22(11-19)17(23)14-10-16(12-6-7-12)21-15-5-2-1-4-13(14)15/h1-2,4-5,10,12,25H,3,6-9,11H2,(H2,20,24). The van der Waals surface area contributed by atoms with Gasteiger partial charge in [0.15, 0.2) is 5.60 Å². The number of benzene rings is 1. The van der Waals surface area contributed by atoms with Gasteiger partial charge in [0.25, 0.3) is 11.8 Å². The predicted molar refractivity (Wildman–Crippen MR) is 93.0 cm³/mol. The van der Waals surface area contributed by atoms with Gasteiger partial charge in [0.2, 0.25) is 0 Å². The molecule has 1 aromatic heterocycles. The van der Waals surface area contributed by atoms with Gasteiger partial charge in [-0.15, -0.1) is 0 Å². The molecule has 6 nitrogen and oxygen atoms in total. The van der Waals surface area contributed by atoms with Crippen molar-refractivity contribution < 1.29 is 14.7 Å². The molecule has 1 aliphatic heterocycles. The van der Waals surface area contributed by atoms with Crippen LogP contribution in [0.2, 0.25) is 0 Å². The zero-order valence-electron chi connectivity index (χ0n) is 13.9. The van der Waals surface area contributed by atoms with E-state index in [0.29, 0.717) is 24.4 Å². The van der Waals surface area contributed by atoms with Crippen LogP contribution in [0.15, 0.2) is 30.3 Å². The summed E-state index contributed by atoms with van der Waals surface area (Å²) >= 11 is 0. The van der Waals surface area contributed by atoms with E-state index in [9.17, 15) is 14.7 Å². The number of aromatic nitrogens is 1. The number of hydrogen-bond acceptors (Lipinski definition) is 4. The Hall–Kier alpha value is -2.47. The maximum atomic E-state index is 13.2. The van der Waals surface area contributed by atoms with Crippen LogP contribution in [0, 0.1) is 0 Å². The third-order valence-electron chi connectivity index (χ3n) is 5.18. The van der Waals surface area contributed by atoms with Crippen molar-refractivity contribution in [2.24, 2.45) is 5.73 Å². The number of para-hydroxylation sites is 1. The summed E-state index contributed by atoms with van der Waals surface area (Å²) in [5.41, 5.74) is 6.02. The highest BCUT2D eigenvalue weighted by molar-refractivity contribution is 6.06. The van der Waals surface area contributed by atoms with E-state index in [4.69, 9.17) is 5.73 Å². The van der Waals surface area contributed by atoms with E-state index in [1.165, 1.54) is 4.90 Å². The number of nitrogens with zero attached hydrogens (tertiary/aromatic N) is 2. The zero-order chi connectivity index (χ0) is 17.6. The minimum absolute atomic E-state index is 0.0590. The topological polar surface area (TPSA) is 96.5 Å². The summed E-state index contributed by atoms with van der Waals surface area (Å²) in [6.07, 6.45) is 3.04. The molecule has 2 aromatic rings. The Balaban J connectivity index is 1.73. The van der Waals surface area contributed by atoms with Crippen molar-refractivity contribution in [2.75, 3.05) is 13.1 Å². The fourth-order valence-corrected chi connectivity index (χ4v) is 3.54. The summed E-state index contributed by atoms with van der Waals surface area (Å²) in [5, 5.41) is 11.2. The van der Waals surface area contributed by atoms with Crippen LogP contribution in [0.3, 0.4) is 0 Å². The molecule has 2 aliphatic rings. The smallest absolute Gasteiger partial charge is 0.254 e. The second kappa shape index (κ2) is 5.81. The number of hydrogen-bond donors (Lipinski definition) is 2. The van der Waals surface area contributed by atoms with Crippen molar-refractivity contribution in [1.82, 2.24) is 9.88 Å².